The van der Waals surface area contributed by atoms with E-state index in [1.807, 2.05) is 18.2 Å². The molecular weight excluding hydrogens is 224 g/mol. The van der Waals surface area contributed by atoms with Gasteiger partial charge in [-0.05, 0) is 24.8 Å². The molecule has 1 aromatic carbocycles. The molecule has 2 amide bonds. The Hall–Kier alpha value is -1.51. The van der Waals surface area contributed by atoms with Crippen LogP contribution in [0.5, 0.6) is 0 Å². The molecule has 2 rings (SSSR count). The van der Waals surface area contributed by atoms with Crippen molar-refractivity contribution in [3.63, 3.8) is 0 Å². The minimum absolute atomic E-state index is 0.0348. The lowest BCUT2D eigenvalue weighted by atomic mass is 10.1. The van der Waals surface area contributed by atoms with E-state index in [0.29, 0.717) is 0 Å². The summed E-state index contributed by atoms with van der Waals surface area (Å²) in [4.78, 5) is 11.8. The Morgan fingerprint density at radius 2 is 1.94 bits per heavy atom. The van der Waals surface area contributed by atoms with Gasteiger partial charge in [-0.1, -0.05) is 50.1 Å². The van der Waals surface area contributed by atoms with Crippen LogP contribution in [0.15, 0.2) is 30.3 Å². The zero-order chi connectivity index (χ0) is 12.8. The van der Waals surface area contributed by atoms with Gasteiger partial charge in [0.25, 0.3) is 0 Å². The van der Waals surface area contributed by atoms with Crippen LogP contribution in [-0.2, 0) is 5.54 Å². The molecule has 0 unspecified atom stereocenters. The molecule has 18 heavy (non-hydrogen) atoms. The Bertz CT molecular complexity index is 385. The molecule has 1 fully saturated rings. The molecule has 0 aliphatic heterocycles. The molecule has 0 spiro atoms. The molecule has 1 saturated carbocycles. The third kappa shape index (κ3) is 3.25. The highest BCUT2D eigenvalue weighted by Crippen LogP contribution is 2.45. The first-order valence-electron chi connectivity index (χ1n) is 6.88. The zero-order valence-electron chi connectivity index (χ0n) is 11.0. The lowest BCUT2D eigenvalue weighted by Crippen LogP contribution is -2.42. The summed E-state index contributed by atoms with van der Waals surface area (Å²) in [5, 5.41) is 6.04. The average Bonchev–Trinajstić information content (AvgIpc) is 3.17. The minimum Gasteiger partial charge on any atom is -0.338 e. The van der Waals surface area contributed by atoms with Crippen molar-refractivity contribution in [2.75, 3.05) is 6.54 Å². The van der Waals surface area contributed by atoms with E-state index < -0.39 is 0 Å². The van der Waals surface area contributed by atoms with Crippen molar-refractivity contribution in [3.05, 3.63) is 35.9 Å². The predicted molar refractivity (Wildman–Crippen MR) is 73.4 cm³/mol. The number of amides is 2. The molecule has 0 bridgehead atoms. The van der Waals surface area contributed by atoms with Crippen LogP contribution in [0.2, 0.25) is 0 Å². The van der Waals surface area contributed by atoms with Gasteiger partial charge >= 0.3 is 6.03 Å². The van der Waals surface area contributed by atoms with Gasteiger partial charge in [0, 0.05) is 6.54 Å². The molecule has 0 radical (unpaired) electrons. The number of hydrogen-bond acceptors (Lipinski definition) is 1. The molecule has 98 valence electrons. The summed E-state index contributed by atoms with van der Waals surface area (Å²) in [6, 6.07) is 10.2. The summed E-state index contributed by atoms with van der Waals surface area (Å²) in [6.45, 7) is 2.93. The van der Waals surface area contributed by atoms with Gasteiger partial charge in [-0.2, -0.15) is 0 Å². The Kier molecular flexibility index (Phi) is 4.24. The molecule has 1 aliphatic rings. The van der Waals surface area contributed by atoms with Crippen molar-refractivity contribution in [3.8, 4) is 0 Å². The van der Waals surface area contributed by atoms with Crippen molar-refractivity contribution in [2.45, 2.75) is 44.6 Å². The van der Waals surface area contributed by atoms with E-state index in [-0.39, 0.29) is 11.6 Å². The highest BCUT2D eigenvalue weighted by atomic mass is 16.2. The van der Waals surface area contributed by atoms with Crippen LogP contribution in [0.3, 0.4) is 0 Å². The van der Waals surface area contributed by atoms with Crippen LogP contribution >= 0.6 is 0 Å². The lowest BCUT2D eigenvalue weighted by Gasteiger charge is -2.18. The molecule has 1 aromatic rings. The Labute approximate surface area is 109 Å². The average molecular weight is 246 g/mol. The number of benzene rings is 1. The summed E-state index contributed by atoms with van der Waals surface area (Å²) < 4.78 is 0. The third-order valence-corrected chi connectivity index (χ3v) is 3.50. The van der Waals surface area contributed by atoms with E-state index in [2.05, 4.69) is 29.7 Å². The Balaban J connectivity index is 1.80. The summed E-state index contributed by atoms with van der Waals surface area (Å²) in [5.41, 5.74) is 1.12. The van der Waals surface area contributed by atoms with Crippen LogP contribution in [-0.4, -0.2) is 12.6 Å². The van der Waals surface area contributed by atoms with Gasteiger partial charge in [0.15, 0.2) is 0 Å². The highest BCUT2D eigenvalue weighted by molar-refractivity contribution is 5.75. The maximum absolute atomic E-state index is 11.8. The number of carbonyl (C=O) groups excluding carboxylic acids is 1. The molecule has 0 aromatic heterocycles. The molecule has 1 aliphatic carbocycles. The highest BCUT2D eigenvalue weighted by Gasteiger charge is 2.45. The normalized spacial score (nSPS) is 16.1. The minimum atomic E-state index is -0.101. The first kappa shape index (κ1) is 12.9. The summed E-state index contributed by atoms with van der Waals surface area (Å²) in [5.74, 6) is 0. The van der Waals surface area contributed by atoms with Gasteiger partial charge in [-0.3, -0.25) is 0 Å². The Morgan fingerprint density at radius 1 is 1.22 bits per heavy atom. The summed E-state index contributed by atoms with van der Waals surface area (Å²) in [6.07, 6.45) is 5.49. The number of carbonyl (C=O) groups is 1. The summed E-state index contributed by atoms with van der Waals surface area (Å²) >= 11 is 0. The van der Waals surface area contributed by atoms with Crippen molar-refractivity contribution in [1.82, 2.24) is 10.6 Å². The number of rotatable bonds is 6. The maximum Gasteiger partial charge on any atom is 0.315 e. The van der Waals surface area contributed by atoms with Gasteiger partial charge < -0.3 is 10.6 Å². The molecule has 0 saturated heterocycles. The zero-order valence-corrected chi connectivity index (χ0v) is 11.0. The molecule has 3 nitrogen and oxygen atoms in total. The number of urea groups is 1. The van der Waals surface area contributed by atoms with Crippen molar-refractivity contribution in [2.24, 2.45) is 0 Å². The van der Waals surface area contributed by atoms with Crippen molar-refractivity contribution in [1.29, 1.82) is 0 Å². The molecule has 3 heteroatoms. The molecule has 2 N–H and O–H groups in total. The van der Waals surface area contributed by atoms with E-state index >= 15 is 0 Å². The smallest absolute Gasteiger partial charge is 0.315 e. The van der Waals surface area contributed by atoms with Crippen LogP contribution in [0, 0.1) is 0 Å². The van der Waals surface area contributed by atoms with Crippen molar-refractivity contribution < 1.29 is 4.79 Å². The van der Waals surface area contributed by atoms with E-state index in [4.69, 9.17) is 0 Å². The van der Waals surface area contributed by atoms with Crippen LogP contribution in [0.4, 0.5) is 4.79 Å². The topological polar surface area (TPSA) is 41.1 Å². The molecule has 0 heterocycles. The fourth-order valence-corrected chi connectivity index (χ4v) is 2.21. The number of unbranched alkanes of at least 4 members (excludes halogenated alkanes) is 2. The second-order valence-corrected chi connectivity index (χ2v) is 5.04. The first-order valence-corrected chi connectivity index (χ1v) is 6.88. The summed E-state index contributed by atoms with van der Waals surface area (Å²) in [7, 11) is 0. The van der Waals surface area contributed by atoms with Gasteiger partial charge in [-0.15, -0.1) is 0 Å². The molecular formula is C15H22N2O. The van der Waals surface area contributed by atoms with E-state index in [1.54, 1.807) is 0 Å². The second-order valence-electron chi connectivity index (χ2n) is 5.04. The Morgan fingerprint density at radius 3 is 2.56 bits per heavy atom. The third-order valence-electron chi connectivity index (χ3n) is 3.50. The maximum atomic E-state index is 11.8. The van der Waals surface area contributed by atoms with E-state index in [0.717, 1.165) is 25.8 Å². The van der Waals surface area contributed by atoms with Crippen LogP contribution in [0.1, 0.15) is 44.6 Å². The fraction of sp³-hybridized carbons (Fsp3) is 0.533. The van der Waals surface area contributed by atoms with Crippen LogP contribution < -0.4 is 10.6 Å². The lowest BCUT2D eigenvalue weighted by molar-refractivity contribution is 0.235. The predicted octanol–water partition coefficient (Wildman–Crippen LogP) is 3.17. The first-order chi connectivity index (χ1) is 8.77. The van der Waals surface area contributed by atoms with Gasteiger partial charge in [0.2, 0.25) is 0 Å². The fourth-order valence-electron chi connectivity index (χ4n) is 2.21. The van der Waals surface area contributed by atoms with E-state index in [1.165, 1.54) is 18.4 Å². The van der Waals surface area contributed by atoms with E-state index in [9.17, 15) is 4.79 Å². The monoisotopic (exact) mass is 246 g/mol. The molecule has 0 atom stereocenters. The number of nitrogens with one attached hydrogen (secondary N) is 2. The van der Waals surface area contributed by atoms with Crippen LogP contribution in [0.25, 0.3) is 0 Å². The number of hydrogen-bond donors (Lipinski definition) is 2. The largest absolute Gasteiger partial charge is 0.338 e. The van der Waals surface area contributed by atoms with Gasteiger partial charge in [-0.25, -0.2) is 4.79 Å². The van der Waals surface area contributed by atoms with Crippen molar-refractivity contribution >= 4 is 6.03 Å². The quantitative estimate of drug-likeness (QED) is 0.744. The SMILES string of the molecule is CCCCCNC(=O)NC1(c2ccccc2)CC1. The standard InChI is InChI=1S/C15H22N2O/c1-2-3-7-12-16-14(18)17-15(10-11-15)13-8-5-4-6-9-13/h4-6,8-9H,2-3,7,10-12H2,1H3,(H2,16,17,18). The van der Waals surface area contributed by atoms with Gasteiger partial charge in [0.1, 0.15) is 0 Å². The van der Waals surface area contributed by atoms with Gasteiger partial charge in [0.05, 0.1) is 5.54 Å². The second kappa shape index (κ2) is 5.89.